The van der Waals surface area contributed by atoms with Crippen LogP contribution in [0.15, 0.2) is 34.7 Å². The van der Waals surface area contributed by atoms with Gasteiger partial charge in [-0.15, -0.1) is 10.2 Å². The number of carbonyl (C=O) groups excluding carboxylic acids is 2. The van der Waals surface area contributed by atoms with E-state index in [9.17, 15) is 9.59 Å². The number of benzene rings is 1. The van der Waals surface area contributed by atoms with E-state index in [1.54, 1.807) is 31.2 Å². The minimum Gasteiger partial charge on any atom is -0.360 e. The molecule has 1 atom stereocenters. The van der Waals surface area contributed by atoms with Gasteiger partial charge in [-0.2, -0.15) is 0 Å². The van der Waals surface area contributed by atoms with Crippen molar-refractivity contribution in [1.82, 2.24) is 21.0 Å². The Kier molecular flexibility index (Phi) is 7.01. The molecule has 1 aromatic heterocycles. The number of nitrogens with zero attached hydrogens (tertiary/aromatic N) is 2. The lowest BCUT2D eigenvalue weighted by Gasteiger charge is -2.11. The molecular formula is C15H19N5O2S2. The third kappa shape index (κ3) is 5.50. The second-order valence-electron chi connectivity index (χ2n) is 4.87. The number of anilines is 1. The number of thioether (sulfide) groups is 1. The summed E-state index contributed by atoms with van der Waals surface area (Å²) < 4.78 is 0.700. The fraction of sp³-hybridized carbons (Fsp3) is 0.333. The summed E-state index contributed by atoms with van der Waals surface area (Å²) in [4.78, 5) is 23.9. The van der Waals surface area contributed by atoms with Crippen LogP contribution in [-0.2, 0) is 4.79 Å². The Labute approximate surface area is 148 Å². The quantitative estimate of drug-likeness (QED) is 0.515. The van der Waals surface area contributed by atoms with Crippen molar-refractivity contribution < 1.29 is 9.59 Å². The number of hydrazine groups is 1. The van der Waals surface area contributed by atoms with E-state index in [0.717, 1.165) is 18.1 Å². The highest BCUT2D eigenvalue weighted by Crippen LogP contribution is 2.28. The maximum Gasteiger partial charge on any atom is 0.269 e. The zero-order chi connectivity index (χ0) is 17.4. The maximum atomic E-state index is 12.1. The van der Waals surface area contributed by atoms with Crippen molar-refractivity contribution in [3.8, 4) is 0 Å². The fourth-order valence-corrected chi connectivity index (χ4v) is 3.57. The molecule has 2 amide bonds. The Balaban J connectivity index is 1.79. The van der Waals surface area contributed by atoms with Crippen molar-refractivity contribution >= 4 is 40.0 Å². The number of amides is 2. The minimum absolute atomic E-state index is 0.303. The van der Waals surface area contributed by atoms with Crippen molar-refractivity contribution in [3.05, 3.63) is 35.9 Å². The number of carbonyl (C=O) groups is 2. The highest BCUT2D eigenvalue weighted by atomic mass is 32.2. The van der Waals surface area contributed by atoms with Crippen molar-refractivity contribution in [2.24, 2.45) is 0 Å². The van der Waals surface area contributed by atoms with E-state index in [0.29, 0.717) is 9.90 Å². The third-order valence-corrected chi connectivity index (χ3v) is 4.98. The lowest BCUT2D eigenvalue weighted by Crippen LogP contribution is -2.44. The largest absolute Gasteiger partial charge is 0.360 e. The molecule has 3 N–H and O–H groups in total. The van der Waals surface area contributed by atoms with Crippen LogP contribution in [0.2, 0.25) is 0 Å². The molecule has 0 fully saturated rings. The van der Waals surface area contributed by atoms with Crippen LogP contribution in [0.4, 0.5) is 5.13 Å². The summed E-state index contributed by atoms with van der Waals surface area (Å²) in [6.45, 7) is 4.65. The van der Waals surface area contributed by atoms with Gasteiger partial charge < -0.3 is 5.32 Å². The third-order valence-electron chi connectivity index (χ3n) is 2.91. The Hall–Kier alpha value is -2.13. The van der Waals surface area contributed by atoms with E-state index in [1.165, 1.54) is 23.1 Å². The van der Waals surface area contributed by atoms with Crippen molar-refractivity contribution in [1.29, 1.82) is 0 Å². The average Bonchev–Trinajstić information content (AvgIpc) is 3.05. The minimum atomic E-state index is -0.409. The number of nitrogens with one attached hydrogen (secondary N) is 3. The molecule has 0 aliphatic rings. The van der Waals surface area contributed by atoms with E-state index in [2.05, 4.69) is 33.3 Å². The molecule has 0 saturated heterocycles. The molecule has 0 spiro atoms. The van der Waals surface area contributed by atoms with Crippen LogP contribution in [0, 0.1) is 0 Å². The Bertz CT molecular complexity index is 678. The van der Waals surface area contributed by atoms with Gasteiger partial charge in [-0.25, -0.2) is 0 Å². The van der Waals surface area contributed by atoms with Gasteiger partial charge in [0.25, 0.3) is 11.8 Å². The van der Waals surface area contributed by atoms with E-state index < -0.39 is 5.25 Å². The summed E-state index contributed by atoms with van der Waals surface area (Å²) in [5.41, 5.74) is 5.31. The van der Waals surface area contributed by atoms with Crippen LogP contribution in [0.1, 0.15) is 30.6 Å². The highest BCUT2D eigenvalue weighted by molar-refractivity contribution is 8.02. The van der Waals surface area contributed by atoms with Gasteiger partial charge in [0.2, 0.25) is 5.13 Å². The summed E-state index contributed by atoms with van der Waals surface area (Å²) in [5.74, 6) is -0.661. The first-order valence-corrected chi connectivity index (χ1v) is 9.19. The topological polar surface area (TPSA) is 96.0 Å². The number of hydrogen-bond donors (Lipinski definition) is 3. The number of aromatic nitrogens is 2. The van der Waals surface area contributed by atoms with Gasteiger partial charge >= 0.3 is 0 Å². The summed E-state index contributed by atoms with van der Waals surface area (Å²) >= 11 is 2.70. The monoisotopic (exact) mass is 365 g/mol. The van der Waals surface area contributed by atoms with Gasteiger partial charge in [-0.05, 0) is 25.5 Å². The van der Waals surface area contributed by atoms with Crippen LogP contribution >= 0.6 is 23.1 Å². The zero-order valence-electron chi connectivity index (χ0n) is 13.4. The number of rotatable bonds is 7. The molecule has 0 aliphatic carbocycles. The molecule has 128 valence electrons. The molecule has 0 radical (unpaired) electrons. The van der Waals surface area contributed by atoms with Gasteiger partial charge in [-0.1, -0.05) is 48.2 Å². The predicted molar refractivity (Wildman–Crippen MR) is 96.1 cm³/mol. The summed E-state index contributed by atoms with van der Waals surface area (Å²) in [5, 5.41) is 11.5. The smallest absolute Gasteiger partial charge is 0.269 e. The normalized spacial score (nSPS) is 11.6. The van der Waals surface area contributed by atoms with Crippen molar-refractivity contribution in [2.45, 2.75) is 29.9 Å². The van der Waals surface area contributed by atoms with E-state index >= 15 is 0 Å². The molecule has 0 unspecified atom stereocenters. The molecule has 0 aliphatic heterocycles. The molecule has 24 heavy (non-hydrogen) atoms. The molecule has 0 saturated carbocycles. The second kappa shape index (κ2) is 9.24. The fourth-order valence-electron chi connectivity index (χ4n) is 1.65. The molecule has 2 aromatic rings. The summed E-state index contributed by atoms with van der Waals surface area (Å²) in [7, 11) is 0. The molecule has 0 bridgehead atoms. The lowest BCUT2D eigenvalue weighted by atomic mass is 10.2. The maximum absolute atomic E-state index is 12.1. The van der Waals surface area contributed by atoms with Gasteiger partial charge in [0, 0.05) is 12.1 Å². The predicted octanol–water partition coefficient (Wildman–Crippen LogP) is 2.30. The van der Waals surface area contributed by atoms with E-state index in [4.69, 9.17) is 0 Å². The van der Waals surface area contributed by atoms with Gasteiger partial charge in [-0.3, -0.25) is 20.4 Å². The van der Waals surface area contributed by atoms with Gasteiger partial charge in [0.15, 0.2) is 4.34 Å². The lowest BCUT2D eigenvalue weighted by molar-refractivity contribution is -0.121. The average molecular weight is 365 g/mol. The standard InChI is InChI=1S/C15H19N5O2S2/c1-3-9-16-14-19-20-15(24-14)23-10(2)12(21)17-18-13(22)11-7-5-4-6-8-11/h4-8,10H,3,9H2,1-2H3,(H,16,19)(H,17,21)(H,18,22)/t10-/m0/s1. The first-order chi connectivity index (χ1) is 11.6. The number of hydrogen-bond acceptors (Lipinski definition) is 7. The Morgan fingerprint density at radius 3 is 2.67 bits per heavy atom. The van der Waals surface area contributed by atoms with Crippen LogP contribution in [0.5, 0.6) is 0 Å². The molecule has 9 heteroatoms. The molecule has 1 heterocycles. The second-order valence-corrected chi connectivity index (χ2v) is 7.43. The molecule has 2 rings (SSSR count). The van der Waals surface area contributed by atoms with E-state index in [-0.39, 0.29) is 11.8 Å². The van der Waals surface area contributed by atoms with Gasteiger partial charge in [0.1, 0.15) is 0 Å². The van der Waals surface area contributed by atoms with Crippen molar-refractivity contribution in [2.75, 3.05) is 11.9 Å². The first kappa shape index (κ1) is 18.2. The summed E-state index contributed by atoms with van der Waals surface area (Å²) in [6.07, 6.45) is 1.00. The highest BCUT2D eigenvalue weighted by Gasteiger charge is 2.18. The Morgan fingerprint density at radius 2 is 1.96 bits per heavy atom. The molecule has 1 aromatic carbocycles. The van der Waals surface area contributed by atoms with Crippen LogP contribution in [0.3, 0.4) is 0 Å². The first-order valence-electron chi connectivity index (χ1n) is 7.49. The van der Waals surface area contributed by atoms with Crippen LogP contribution in [0.25, 0.3) is 0 Å². The van der Waals surface area contributed by atoms with Crippen molar-refractivity contribution in [3.63, 3.8) is 0 Å². The molecular weight excluding hydrogens is 346 g/mol. The molecule has 7 nitrogen and oxygen atoms in total. The summed E-state index contributed by atoms with van der Waals surface area (Å²) in [6, 6.07) is 8.68. The van der Waals surface area contributed by atoms with Crippen LogP contribution in [-0.4, -0.2) is 33.8 Å². The zero-order valence-corrected chi connectivity index (χ0v) is 15.0. The SMILES string of the molecule is CCCNc1nnc(S[C@@H](C)C(=O)NNC(=O)c2ccccc2)s1. The van der Waals surface area contributed by atoms with Crippen LogP contribution < -0.4 is 16.2 Å². The van der Waals surface area contributed by atoms with Gasteiger partial charge in [0.05, 0.1) is 5.25 Å². The Morgan fingerprint density at radius 1 is 1.21 bits per heavy atom. The van der Waals surface area contributed by atoms with E-state index in [1.807, 2.05) is 6.07 Å².